The van der Waals surface area contributed by atoms with Gasteiger partial charge in [0.25, 0.3) is 0 Å². The van der Waals surface area contributed by atoms with E-state index in [0.29, 0.717) is 5.56 Å². The molecule has 0 aliphatic heterocycles. The Hall–Kier alpha value is -1.44. The van der Waals surface area contributed by atoms with Crippen LogP contribution in [-0.4, -0.2) is 32.6 Å². The number of carbonyl (C=O) groups is 1. The van der Waals surface area contributed by atoms with Gasteiger partial charge in [-0.2, -0.15) is 4.72 Å². The zero-order valence-electron chi connectivity index (χ0n) is 10.1. The summed E-state index contributed by atoms with van der Waals surface area (Å²) in [4.78, 5) is 10.7. The lowest BCUT2D eigenvalue weighted by molar-refractivity contribution is -0.138. The normalized spacial score (nSPS) is 13.2. The fourth-order valence-electron chi connectivity index (χ4n) is 1.39. The molecule has 0 radical (unpaired) electrons. The second-order valence-corrected chi connectivity index (χ2v) is 5.40. The van der Waals surface area contributed by atoms with E-state index >= 15 is 0 Å². The minimum atomic E-state index is -3.87. The molecule has 1 aromatic rings. The van der Waals surface area contributed by atoms with Crippen molar-refractivity contribution in [3.05, 3.63) is 29.8 Å². The standard InChI is InChI=1S/C11H15NO5S/c1-8(11(13)14)12-18(15,16)10-6-4-3-5-9(10)7-17-2/h3-6,8,12H,7H2,1-2H3,(H,13,14). The molecule has 0 aromatic heterocycles. The van der Waals surface area contributed by atoms with Crippen molar-refractivity contribution in [2.24, 2.45) is 0 Å². The number of nitrogens with one attached hydrogen (secondary N) is 1. The fourth-order valence-corrected chi connectivity index (χ4v) is 2.81. The van der Waals surface area contributed by atoms with E-state index < -0.39 is 22.0 Å². The van der Waals surface area contributed by atoms with Gasteiger partial charge in [-0.25, -0.2) is 8.42 Å². The zero-order valence-corrected chi connectivity index (χ0v) is 10.9. The van der Waals surface area contributed by atoms with Crippen molar-refractivity contribution in [1.82, 2.24) is 4.72 Å². The van der Waals surface area contributed by atoms with Gasteiger partial charge < -0.3 is 9.84 Å². The number of carboxylic acids is 1. The third-order valence-corrected chi connectivity index (χ3v) is 3.91. The monoisotopic (exact) mass is 273 g/mol. The van der Waals surface area contributed by atoms with E-state index in [0.717, 1.165) is 0 Å². The Morgan fingerprint density at radius 2 is 2.06 bits per heavy atom. The Balaban J connectivity index is 3.08. The molecule has 2 N–H and O–H groups in total. The van der Waals surface area contributed by atoms with Crippen molar-refractivity contribution in [1.29, 1.82) is 0 Å². The van der Waals surface area contributed by atoms with Gasteiger partial charge in [0.1, 0.15) is 6.04 Å². The SMILES string of the molecule is COCc1ccccc1S(=O)(=O)NC(C)C(=O)O. The second-order valence-electron chi connectivity index (χ2n) is 3.72. The summed E-state index contributed by atoms with van der Waals surface area (Å²) in [6.07, 6.45) is 0. The van der Waals surface area contributed by atoms with Gasteiger partial charge in [-0.1, -0.05) is 18.2 Å². The summed E-state index contributed by atoms with van der Waals surface area (Å²) < 4.78 is 31.0. The van der Waals surface area contributed by atoms with Gasteiger partial charge in [-0.15, -0.1) is 0 Å². The molecule has 0 bridgehead atoms. The average Bonchev–Trinajstić information content (AvgIpc) is 2.29. The summed E-state index contributed by atoms with van der Waals surface area (Å²) in [7, 11) is -2.41. The molecule has 0 amide bonds. The van der Waals surface area contributed by atoms with Crippen molar-refractivity contribution >= 4 is 16.0 Å². The Morgan fingerprint density at radius 1 is 1.44 bits per heavy atom. The highest BCUT2D eigenvalue weighted by molar-refractivity contribution is 7.89. The maximum Gasteiger partial charge on any atom is 0.321 e. The lowest BCUT2D eigenvalue weighted by Gasteiger charge is -2.13. The van der Waals surface area contributed by atoms with Crippen LogP contribution in [0.4, 0.5) is 0 Å². The lowest BCUT2D eigenvalue weighted by Crippen LogP contribution is -2.38. The van der Waals surface area contributed by atoms with Crippen LogP contribution < -0.4 is 4.72 Å². The zero-order chi connectivity index (χ0) is 13.8. The van der Waals surface area contributed by atoms with Crippen molar-refractivity contribution in [2.75, 3.05) is 7.11 Å². The predicted molar refractivity (Wildman–Crippen MR) is 64.6 cm³/mol. The van der Waals surface area contributed by atoms with Crippen LogP contribution in [0.5, 0.6) is 0 Å². The average molecular weight is 273 g/mol. The van der Waals surface area contributed by atoms with Crippen molar-refractivity contribution in [3.63, 3.8) is 0 Å². The molecule has 18 heavy (non-hydrogen) atoms. The van der Waals surface area contributed by atoms with E-state index in [1.54, 1.807) is 18.2 Å². The summed E-state index contributed by atoms with van der Waals surface area (Å²) in [5.74, 6) is -1.23. The summed E-state index contributed by atoms with van der Waals surface area (Å²) in [6.45, 7) is 1.40. The first-order valence-corrected chi connectivity index (χ1v) is 6.69. The van der Waals surface area contributed by atoms with E-state index in [1.165, 1.54) is 20.1 Å². The molecular formula is C11H15NO5S. The third-order valence-electron chi connectivity index (χ3n) is 2.26. The molecule has 0 aliphatic carbocycles. The maximum absolute atomic E-state index is 12.0. The number of rotatable bonds is 6. The molecule has 0 saturated heterocycles. The number of ether oxygens (including phenoxy) is 1. The molecule has 100 valence electrons. The van der Waals surface area contributed by atoms with E-state index in [4.69, 9.17) is 9.84 Å². The van der Waals surface area contributed by atoms with Crippen LogP contribution >= 0.6 is 0 Å². The molecular weight excluding hydrogens is 258 g/mol. The molecule has 0 heterocycles. The first-order valence-electron chi connectivity index (χ1n) is 5.20. The van der Waals surface area contributed by atoms with Crippen molar-refractivity contribution < 1.29 is 23.1 Å². The molecule has 7 heteroatoms. The van der Waals surface area contributed by atoms with Gasteiger partial charge in [0.15, 0.2) is 0 Å². The summed E-state index contributed by atoms with van der Waals surface area (Å²) in [5.41, 5.74) is 0.477. The number of benzene rings is 1. The summed E-state index contributed by atoms with van der Waals surface area (Å²) in [5, 5.41) is 8.71. The Kier molecular flexibility index (Phi) is 4.83. The van der Waals surface area contributed by atoms with Gasteiger partial charge >= 0.3 is 5.97 Å². The molecule has 1 atom stereocenters. The minimum Gasteiger partial charge on any atom is -0.480 e. The number of sulfonamides is 1. The van der Waals surface area contributed by atoms with Crippen LogP contribution in [0.15, 0.2) is 29.2 Å². The van der Waals surface area contributed by atoms with Crippen LogP contribution in [0.1, 0.15) is 12.5 Å². The largest absolute Gasteiger partial charge is 0.480 e. The van der Waals surface area contributed by atoms with Gasteiger partial charge in [0.2, 0.25) is 10.0 Å². The summed E-state index contributed by atoms with van der Waals surface area (Å²) >= 11 is 0. The van der Waals surface area contributed by atoms with E-state index in [9.17, 15) is 13.2 Å². The van der Waals surface area contributed by atoms with E-state index in [1.807, 2.05) is 0 Å². The van der Waals surface area contributed by atoms with Crippen LogP contribution in [0.2, 0.25) is 0 Å². The molecule has 0 spiro atoms. The van der Waals surface area contributed by atoms with Crippen LogP contribution in [0, 0.1) is 0 Å². The van der Waals surface area contributed by atoms with E-state index in [2.05, 4.69) is 4.72 Å². The van der Waals surface area contributed by atoms with Crippen LogP contribution in [0.3, 0.4) is 0 Å². The number of hydrogen-bond acceptors (Lipinski definition) is 4. The fraction of sp³-hybridized carbons (Fsp3) is 0.364. The number of hydrogen-bond donors (Lipinski definition) is 2. The second kappa shape index (κ2) is 5.94. The third kappa shape index (κ3) is 3.52. The highest BCUT2D eigenvalue weighted by Gasteiger charge is 2.23. The number of methoxy groups -OCH3 is 1. The topological polar surface area (TPSA) is 92.7 Å². The van der Waals surface area contributed by atoms with Gasteiger partial charge in [-0.05, 0) is 18.6 Å². The summed E-state index contributed by atoms with van der Waals surface area (Å²) in [6, 6.07) is 5.09. The highest BCUT2D eigenvalue weighted by atomic mass is 32.2. The maximum atomic E-state index is 12.0. The Labute approximate surface area is 106 Å². The predicted octanol–water partition coefficient (Wildman–Crippen LogP) is 0.584. The Bertz CT molecular complexity index is 526. The first kappa shape index (κ1) is 14.6. The van der Waals surface area contributed by atoms with Gasteiger partial charge in [0, 0.05) is 7.11 Å². The van der Waals surface area contributed by atoms with Gasteiger partial charge in [0.05, 0.1) is 11.5 Å². The molecule has 1 rings (SSSR count). The van der Waals surface area contributed by atoms with Crippen LogP contribution in [-0.2, 0) is 26.2 Å². The molecule has 0 saturated carbocycles. The lowest BCUT2D eigenvalue weighted by atomic mass is 10.2. The van der Waals surface area contributed by atoms with Crippen molar-refractivity contribution in [3.8, 4) is 0 Å². The van der Waals surface area contributed by atoms with E-state index in [-0.39, 0.29) is 11.5 Å². The molecule has 0 fully saturated rings. The molecule has 6 nitrogen and oxygen atoms in total. The first-order chi connectivity index (χ1) is 8.38. The molecule has 1 aromatic carbocycles. The smallest absolute Gasteiger partial charge is 0.321 e. The molecule has 0 aliphatic rings. The molecule has 1 unspecified atom stereocenters. The Morgan fingerprint density at radius 3 is 2.61 bits per heavy atom. The minimum absolute atomic E-state index is 0.0277. The van der Waals surface area contributed by atoms with Gasteiger partial charge in [-0.3, -0.25) is 4.79 Å². The number of carboxylic acid groups (broad SMARTS) is 1. The van der Waals surface area contributed by atoms with Crippen LogP contribution in [0.25, 0.3) is 0 Å². The highest BCUT2D eigenvalue weighted by Crippen LogP contribution is 2.16. The number of aliphatic carboxylic acids is 1. The quantitative estimate of drug-likeness (QED) is 0.791. The van der Waals surface area contributed by atoms with Crippen molar-refractivity contribution in [2.45, 2.75) is 24.5 Å².